The molecule has 1 amide bonds. The lowest BCUT2D eigenvalue weighted by molar-refractivity contribution is -0.142. The summed E-state index contributed by atoms with van der Waals surface area (Å²) in [5.74, 6) is -0.00639. The summed E-state index contributed by atoms with van der Waals surface area (Å²) in [5.41, 5.74) is 2.03. The van der Waals surface area contributed by atoms with Crippen LogP contribution in [0.1, 0.15) is 36.3 Å². The first kappa shape index (κ1) is 18.2. The van der Waals surface area contributed by atoms with Gasteiger partial charge in [0, 0.05) is 19.5 Å². The van der Waals surface area contributed by atoms with Gasteiger partial charge in [0.1, 0.15) is 0 Å². The summed E-state index contributed by atoms with van der Waals surface area (Å²) in [7, 11) is 1.42. The maximum atomic E-state index is 13.3. The Morgan fingerprint density at radius 1 is 0.962 bits per heavy atom. The Hall–Kier alpha value is -2.62. The molecule has 0 unspecified atom stereocenters. The summed E-state index contributed by atoms with van der Waals surface area (Å²) in [4.78, 5) is 26.7. The Morgan fingerprint density at radius 2 is 1.46 bits per heavy atom. The van der Waals surface area contributed by atoms with Crippen LogP contribution in [0.2, 0.25) is 0 Å². The van der Waals surface area contributed by atoms with Crippen molar-refractivity contribution < 1.29 is 14.3 Å². The van der Waals surface area contributed by atoms with Crippen molar-refractivity contribution in [2.24, 2.45) is 5.92 Å². The molecular weight excluding hydrogens is 326 g/mol. The van der Waals surface area contributed by atoms with Crippen molar-refractivity contribution in [3.05, 3.63) is 71.8 Å². The molecule has 1 aliphatic heterocycles. The minimum absolute atomic E-state index is 0.138. The lowest BCUT2D eigenvalue weighted by Gasteiger charge is -2.34. The summed E-state index contributed by atoms with van der Waals surface area (Å²) >= 11 is 0. The zero-order valence-electron chi connectivity index (χ0n) is 15.1. The fourth-order valence-corrected chi connectivity index (χ4v) is 3.63. The molecule has 2 aromatic carbocycles. The molecule has 1 fully saturated rings. The average Bonchev–Trinajstić information content (AvgIpc) is 2.70. The third-order valence-corrected chi connectivity index (χ3v) is 5.12. The number of methoxy groups -OCH3 is 1. The highest BCUT2D eigenvalue weighted by molar-refractivity contribution is 5.87. The number of rotatable bonds is 5. The van der Waals surface area contributed by atoms with Crippen LogP contribution >= 0.6 is 0 Å². The van der Waals surface area contributed by atoms with Gasteiger partial charge in [0.15, 0.2) is 0 Å². The Kier molecular flexibility index (Phi) is 6.05. The zero-order valence-corrected chi connectivity index (χ0v) is 15.1. The van der Waals surface area contributed by atoms with Gasteiger partial charge in [0.25, 0.3) is 0 Å². The number of hydrogen-bond donors (Lipinski definition) is 0. The predicted molar refractivity (Wildman–Crippen MR) is 101 cm³/mol. The van der Waals surface area contributed by atoms with Gasteiger partial charge in [0.2, 0.25) is 5.91 Å². The first-order valence-electron chi connectivity index (χ1n) is 9.14. The van der Waals surface area contributed by atoms with Crippen LogP contribution in [0.15, 0.2) is 60.7 Å². The van der Waals surface area contributed by atoms with Gasteiger partial charge >= 0.3 is 5.97 Å². The van der Waals surface area contributed by atoms with E-state index in [2.05, 4.69) is 0 Å². The molecule has 0 spiro atoms. The zero-order chi connectivity index (χ0) is 18.4. The third-order valence-electron chi connectivity index (χ3n) is 5.12. The smallest absolute Gasteiger partial charge is 0.305 e. The number of carbonyl (C=O) groups is 2. The number of hydrogen-bond acceptors (Lipinski definition) is 3. The molecule has 1 heterocycles. The minimum Gasteiger partial charge on any atom is -0.469 e. The molecule has 0 bridgehead atoms. The van der Waals surface area contributed by atoms with Crippen molar-refractivity contribution >= 4 is 11.9 Å². The van der Waals surface area contributed by atoms with Crippen molar-refractivity contribution in [3.8, 4) is 0 Å². The lowest BCUT2D eigenvalue weighted by Crippen LogP contribution is -2.41. The topological polar surface area (TPSA) is 46.6 Å². The summed E-state index contributed by atoms with van der Waals surface area (Å²) in [6.45, 7) is 1.38. The van der Waals surface area contributed by atoms with Crippen molar-refractivity contribution in [2.75, 3.05) is 20.2 Å². The van der Waals surface area contributed by atoms with Crippen LogP contribution in [0.3, 0.4) is 0 Å². The molecule has 136 valence electrons. The number of piperidine rings is 1. The molecule has 0 saturated carbocycles. The SMILES string of the molecule is COC(=O)CC1CCN(C(=O)C(c2ccccc2)c2ccccc2)CC1. The van der Waals surface area contributed by atoms with E-state index < -0.39 is 0 Å². The molecule has 26 heavy (non-hydrogen) atoms. The maximum Gasteiger partial charge on any atom is 0.305 e. The monoisotopic (exact) mass is 351 g/mol. The highest BCUT2D eigenvalue weighted by Crippen LogP contribution is 2.29. The second-order valence-corrected chi connectivity index (χ2v) is 6.80. The van der Waals surface area contributed by atoms with Gasteiger partial charge in [-0.25, -0.2) is 0 Å². The minimum atomic E-state index is -0.283. The van der Waals surface area contributed by atoms with Gasteiger partial charge < -0.3 is 9.64 Å². The molecule has 0 N–H and O–H groups in total. The Balaban J connectivity index is 1.74. The van der Waals surface area contributed by atoms with E-state index in [1.54, 1.807) is 0 Å². The Bertz CT molecular complexity index is 682. The number of ether oxygens (including phenoxy) is 1. The molecule has 0 radical (unpaired) electrons. The summed E-state index contributed by atoms with van der Waals surface area (Å²) in [6.07, 6.45) is 2.13. The Morgan fingerprint density at radius 3 is 1.92 bits per heavy atom. The molecular formula is C22H25NO3. The van der Waals surface area contributed by atoms with Crippen molar-refractivity contribution in [3.63, 3.8) is 0 Å². The van der Waals surface area contributed by atoms with Crippen LogP contribution < -0.4 is 0 Å². The van der Waals surface area contributed by atoms with Gasteiger partial charge in [-0.15, -0.1) is 0 Å². The standard InChI is InChI=1S/C22H25NO3/c1-26-20(24)16-17-12-14-23(15-13-17)22(25)21(18-8-4-2-5-9-18)19-10-6-3-7-11-19/h2-11,17,21H,12-16H2,1H3. The molecule has 1 aliphatic rings. The van der Waals surface area contributed by atoms with Crippen molar-refractivity contribution in [1.82, 2.24) is 4.90 Å². The second-order valence-electron chi connectivity index (χ2n) is 6.80. The van der Waals surface area contributed by atoms with E-state index in [9.17, 15) is 9.59 Å². The molecule has 3 rings (SSSR count). The number of esters is 1. The van der Waals surface area contributed by atoms with E-state index in [0.717, 1.165) is 24.0 Å². The highest BCUT2D eigenvalue weighted by Gasteiger charge is 2.30. The summed E-state index contributed by atoms with van der Waals surface area (Å²) < 4.78 is 4.76. The fourth-order valence-electron chi connectivity index (χ4n) is 3.63. The number of likely N-dealkylation sites (tertiary alicyclic amines) is 1. The average molecular weight is 351 g/mol. The van der Waals surface area contributed by atoms with Crippen LogP contribution in [0.4, 0.5) is 0 Å². The maximum absolute atomic E-state index is 13.3. The van der Waals surface area contributed by atoms with Crippen molar-refractivity contribution in [2.45, 2.75) is 25.2 Å². The van der Waals surface area contributed by atoms with Crippen LogP contribution in [0, 0.1) is 5.92 Å². The van der Waals surface area contributed by atoms with Crippen LogP contribution in [0.5, 0.6) is 0 Å². The van der Waals surface area contributed by atoms with Gasteiger partial charge in [-0.3, -0.25) is 9.59 Å². The Labute approximate surface area is 154 Å². The second kappa shape index (κ2) is 8.65. The fraction of sp³-hybridized carbons (Fsp3) is 0.364. The summed E-state index contributed by atoms with van der Waals surface area (Å²) in [5, 5.41) is 0. The molecule has 0 aromatic heterocycles. The number of nitrogens with zero attached hydrogens (tertiary/aromatic N) is 1. The molecule has 4 nitrogen and oxygen atoms in total. The number of benzene rings is 2. The van der Waals surface area contributed by atoms with Gasteiger partial charge in [0.05, 0.1) is 13.0 Å². The first-order chi connectivity index (χ1) is 12.7. The van der Waals surface area contributed by atoms with Gasteiger partial charge in [-0.1, -0.05) is 60.7 Å². The van der Waals surface area contributed by atoms with E-state index in [1.165, 1.54) is 7.11 Å². The van der Waals surface area contributed by atoms with E-state index in [0.29, 0.717) is 25.4 Å². The quantitative estimate of drug-likeness (QED) is 0.773. The first-order valence-corrected chi connectivity index (χ1v) is 9.14. The van der Waals surface area contributed by atoms with Gasteiger partial charge in [-0.05, 0) is 29.9 Å². The largest absolute Gasteiger partial charge is 0.469 e. The lowest BCUT2D eigenvalue weighted by atomic mass is 9.88. The highest BCUT2D eigenvalue weighted by atomic mass is 16.5. The molecule has 4 heteroatoms. The van der Waals surface area contributed by atoms with E-state index in [4.69, 9.17) is 4.74 Å². The molecule has 1 saturated heterocycles. The third kappa shape index (κ3) is 4.31. The van der Waals surface area contributed by atoms with Crippen molar-refractivity contribution in [1.29, 1.82) is 0 Å². The molecule has 2 aromatic rings. The van der Waals surface area contributed by atoms with E-state index in [-0.39, 0.29) is 17.8 Å². The van der Waals surface area contributed by atoms with Crippen LogP contribution in [-0.4, -0.2) is 37.0 Å². The number of carbonyl (C=O) groups excluding carboxylic acids is 2. The van der Waals surface area contributed by atoms with Crippen LogP contribution in [0.25, 0.3) is 0 Å². The predicted octanol–water partition coefficient (Wildman–Crippen LogP) is 3.62. The summed E-state index contributed by atoms with van der Waals surface area (Å²) in [6, 6.07) is 19.9. The van der Waals surface area contributed by atoms with Gasteiger partial charge in [-0.2, -0.15) is 0 Å². The van der Waals surface area contributed by atoms with E-state index in [1.807, 2.05) is 65.6 Å². The van der Waals surface area contributed by atoms with Crippen LogP contribution in [-0.2, 0) is 14.3 Å². The molecule has 0 aliphatic carbocycles. The number of amides is 1. The van der Waals surface area contributed by atoms with E-state index >= 15 is 0 Å². The normalized spacial score (nSPS) is 15.1. The molecule has 0 atom stereocenters.